The van der Waals surface area contributed by atoms with Crippen molar-refractivity contribution >= 4 is 22.6 Å². The summed E-state index contributed by atoms with van der Waals surface area (Å²) < 4.78 is 1.02. The molecule has 48 valence electrons. The fraction of sp³-hybridized carbons (Fsp3) is 0.600. The smallest absolute Gasteiger partial charge is 0.0225 e. The van der Waals surface area contributed by atoms with Crippen LogP contribution in [0.25, 0.3) is 0 Å². The molecule has 2 nitrogen and oxygen atoms in total. The maximum atomic E-state index is 5.38. The minimum absolute atomic E-state index is 1.02. The van der Waals surface area contributed by atoms with Crippen LogP contribution in [0.2, 0.25) is 0 Å². The zero-order valence-electron chi connectivity index (χ0n) is 5.19. The van der Waals surface area contributed by atoms with Crippen molar-refractivity contribution in [2.45, 2.75) is 6.92 Å². The minimum atomic E-state index is 1.02. The Morgan fingerprint density at radius 1 is 1.88 bits per heavy atom. The number of rotatable bonds is 2. The van der Waals surface area contributed by atoms with E-state index in [1.165, 1.54) is 0 Å². The van der Waals surface area contributed by atoms with Gasteiger partial charge in [0.15, 0.2) is 0 Å². The summed E-state index contributed by atoms with van der Waals surface area (Å²) >= 11 is 2.28. The first-order chi connectivity index (χ1) is 3.68. The number of alkyl halides is 1. The third-order valence-electron chi connectivity index (χ3n) is 0.929. The van der Waals surface area contributed by atoms with Crippen molar-refractivity contribution in [1.29, 1.82) is 0 Å². The van der Waals surface area contributed by atoms with Gasteiger partial charge in [0.25, 0.3) is 0 Å². The van der Waals surface area contributed by atoms with Gasteiger partial charge in [-0.3, -0.25) is 0 Å². The van der Waals surface area contributed by atoms with E-state index in [1.807, 2.05) is 14.0 Å². The van der Waals surface area contributed by atoms with Crippen LogP contribution in [0, 0.1) is 0 Å². The van der Waals surface area contributed by atoms with E-state index in [0.717, 1.165) is 10.1 Å². The second-order valence-corrected chi connectivity index (χ2v) is 2.49. The van der Waals surface area contributed by atoms with Crippen LogP contribution in [-0.2, 0) is 0 Å². The molecule has 0 unspecified atom stereocenters. The Balaban J connectivity index is 3.61. The first kappa shape index (κ1) is 8.23. The molecule has 0 rings (SSSR count). The number of hydrazine groups is 1. The van der Waals surface area contributed by atoms with Crippen molar-refractivity contribution < 1.29 is 0 Å². The SMILES string of the molecule is C/C(=C/CI)N(C)N. The molecular weight excluding hydrogens is 215 g/mol. The Morgan fingerprint density at radius 3 is 2.50 bits per heavy atom. The molecule has 0 heterocycles. The predicted octanol–water partition coefficient (Wildman–Crippen LogP) is 1.13. The molecule has 0 saturated heterocycles. The second-order valence-electron chi connectivity index (χ2n) is 1.61. The van der Waals surface area contributed by atoms with Crippen LogP contribution in [0.4, 0.5) is 0 Å². The molecule has 0 radical (unpaired) electrons. The molecule has 0 aliphatic heterocycles. The summed E-state index contributed by atoms with van der Waals surface area (Å²) in [5.74, 6) is 5.38. The highest BCUT2D eigenvalue weighted by Gasteiger charge is 1.86. The van der Waals surface area contributed by atoms with Crippen molar-refractivity contribution in [2.24, 2.45) is 5.84 Å². The van der Waals surface area contributed by atoms with Crippen molar-refractivity contribution in [2.75, 3.05) is 11.5 Å². The number of hydrogen-bond donors (Lipinski definition) is 1. The van der Waals surface area contributed by atoms with Crippen LogP contribution >= 0.6 is 22.6 Å². The van der Waals surface area contributed by atoms with Gasteiger partial charge in [0.05, 0.1) is 0 Å². The summed E-state index contributed by atoms with van der Waals surface area (Å²) in [5.41, 5.74) is 1.11. The summed E-state index contributed by atoms with van der Waals surface area (Å²) in [6, 6.07) is 0. The number of halogens is 1. The van der Waals surface area contributed by atoms with Gasteiger partial charge in [-0.15, -0.1) is 0 Å². The van der Waals surface area contributed by atoms with Gasteiger partial charge >= 0.3 is 0 Å². The van der Waals surface area contributed by atoms with E-state index < -0.39 is 0 Å². The van der Waals surface area contributed by atoms with Crippen LogP contribution in [0.15, 0.2) is 11.8 Å². The van der Waals surface area contributed by atoms with Gasteiger partial charge < -0.3 is 5.01 Å². The van der Waals surface area contributed by atoms with E-state index in [-0.39, 0.29) is 0 Å². The average Bonchev–Trinajstić information content (AvgIpc) is 1.67. The van der Waals surface area contributed by atoms with Crippen molar-refractivity contribution in [3.05, 3.63) is 11.8 Å². The lowest BCUT2D eigenvalue weighted by atomic mass is 10.4. The Hall–Kier alpha value is 0.230. The van der Waals surface area contributed by atoms with E-state index in [9.17, 15) is 0 Å². The number of nitrogens with zero attached hydrogens (tertiary/aromatic N) is 1. The van der Waals surface area contributed by atoms with Gasteiger partial charge in [0.2, 0.25) is 0 Å². The van der Waals surface area contributed by atoms with Crippen LogP contribution in [0.5, 0.6) is 0 Å². The zero-order chi connectivity index (χ0) is 6.57. The Kier molecular flexibility index (Phi) is 4.26. The summed E-state index contributed by atoms with van der Waals surface area (Å²) in [6.45, 7) is 1.98. The lowest BCUT2D eigenvalue weighted by molar-refractivity contribution is 0.441. The standard InChI is InChI=1S/C5H11IN2/c1-5(3-4-6)8(2)7/h3H,4,7H2,1-2H3/b5-3-. The molecule has 3 heteroatoms. The number of hydrogen-bond acceptors (Lipinski definition) is 2. The molecule has 0 aliphatic rings. The van der Waals surface area contributed by atoms with Crippen molar-refractivity contribution in [3.63, 3.8) is 0 Å². The maximum Gasteiger partial charge on any atom is 0.0225 e. The molecule has 0 aromatic rings. The third kappa shape index (κ3) is 3.26. The van der Waals surface area contributed by atoms with Crippen LogP contribution < -0.4 is 5.84 Å². The van der Waals surface area contributed by atoms with Crippen LogP contribution in [0.1, 0.15) is 6.92 Å². The van der Waals surface area contributed by atoms with E-state index >= 15 is 0 Å². The van der Waals surface area contributed by atoms with Gasteiger partial charge in [0.1, 0.15) is 0 Å². The molecular formula is C5H11IN2. The first-order valence-corrected chi connectivity index (χ1v) is 3.92. The highest BCUT2D eigenvalue weighted by atomic mass is 127. The largest absolute Gasteiger partial charge is 0.319 e. The fourth-order valence-corrected chi connectivity index (χ4v) is 0.893. The monoisotopic (exact) mass is 226 g/mol. The molecule has 0 amide bonds. The summed E-state index contributed by atoms with van der Waals surface area (Å²) in [4.78, 5) is 0. The predicted molar refractivity (Wildman–Crippen MR) is 44.6 cm³/mol. The minimum Gasteiger partial charge on any atom is -0.319 e. The fourth-order valence-electron chi connectivity index (χ4n) is 0.256. The molecule has 0 bridgehead atoms. The average molecular weight is 226 g/mol. The quantitative estimate of drug-likeness (QED) is 0.331. The normalized spacial score (nSPS) is 11.8. The zero-order valence-corrected chi connectivity index (χ0v) is 7.34. The summed E-state index contributed by atoms with van der Waals surface area (Å²) in [6.07, 6.45) is 2.07. The lowest BCUT2D eigenvalue weighted by Gasteiger charge is -2.10. The molecule has 0 atom stereocenters. The topological polar surface area (TPSA) is 29.3 Å². The maximum absolute atomic E-state index is 5.38. The Morgan fingerprint density at radius 2 is 2.38 bits per heavy atom. The molecule has 0 spiro atoms. The van der Waals surface area contributed by atoms with E-state index in [4.69, 9.17) is 5.84 Å². The molecule has 0 aromatic heterocycles. The number of nitrogens with two attached hydrogens (primary N) is 1. The number of allylic oxidation sites excluding steroid dienone is 2. The third-order valence-corrected chi connectivity index (χ3v) is 1.37. The summed E-state index contributed by atoms with van der Waals surface area (Å²) in [7, 11) is 1.83. The van der Waals surface area contributed by atoms with Gasteiger partial charge in [-0.25, -0.2) is 5.84 Å². The highest BCUT2D eigenvalue weighted by Crippen LogP contribution is 1.94. The Bertz CT molecular complexity index is 88.4. The van der Waals surface area contributed by atoms with Crippen LogP contribution in [0.3, 0.4) is 0 Å². The Labute approximate surface area is 63.8 Å². The van der Waals surface area contributed by atoms with Crippen molar-refractivity contribution in [3.8, 4) is 0 Å². The van der Waals surface area contributed by atoms with Gasteiger partial charge in [0, 0.05) is 17.2 Å². The second kappa shape index (κ2) is 4.14. The van der Waals surface area contributed by atoms with E-state index in [0.29, 0.717) is 0 Å². The van der Waals surface area contributed by atoms with E-state index in [2.05, 4.69) is 28.7 Å². The highest BCUT2D eigenvalue weighted by molar-refractivity contribution is 14.1. The van der Waals surface area contributed by atoms with Gasteiger partial charge in [-0.1, -0.05) is 28.7 Å². The molecule has 8 heavy (non-hydrogen) atoms. The van der Waals surface area contributed by atoms with Crippen molar-refractivity contribution in [1.82, 2.24) is 5.01 Å². The molecule has 0 aromatic carbocycles. The van der Waals surface area contributed by atoms with Gasteiger partial charge in [-0.2, -0.15) is 0 Å². The lowest BCUT2D eigenvalue weighted by Crippen LogP contribution is -2.23. The molecule has 0 fully saturated rings. The first-order valence-electron chi connectivity index (χ1n) is 2.39. The molecule has 0 saturated carbocycles. The molecule has 2 N–H and O–H groups in total. The van der Waals surface area contributed by atoms with Crippen LogP contribution in [-0.4, -0.2) is 16.5 Å². The molecule has 0 aliphatic carbocycles. The summed E-state index contributed by atoms with van der Waals surface area (Å²) in [5, 5.41) is 1.61. The van der Waals surface area contributed by atoms with Gasteiger partial charge in [-0.05, 0) is 6.92 Å². The van der Waals surface area contributed by atoms with E-state index in [1.54, 1.807) is 5.01 Å².